The number of hydrogen-bond acceptors (Lipinski definition) is 4. The van der Waals surface area contributed by atoms with Crippen molar-refractivity contribution in [3.8, 4) is 0 Å². The number of rotatable bonds is 4. The van der Waals surface area contributed by atoms with Crippen molar-refractivity contribution in [2.75, 3.05) is 26.3 Å². The van der Waals surface area contributed by atoms with Gasteiger partial charge in [0.1, 0.15) is 5.69 Å². The molecule has 1 fully saturated rings. The second-order valence-corrected chi connectivity index (χ2v) is 5.42. The Morgan fingerprint density at radius 3 is 2.91 bits per heavy atom. The number of amides is 1. The molecule has 1 N–H and O–H groups in total. The average molecular weight is 331 g/mol. The molecule has 1 saturated heterocycles. The fourth-order valence-corrected chi connectivity index (χ4v) is 2.63. The highest BCUT2D eigenvalue weighted by Gasteiger charge is 2.27. The van der Waals surface area contributed by atoms with Crippen molar-refractivity contribution in [2.45, 2.75) is 26.5 Å². The molecule has 0 aliphatic carbocycles. The molecular formula is C14H19ClN2O5. The number of esters is 1. The van der Waals surface area contributed by atoms with E-state index in [1.165, 1.54) is 4.90 Å². The van der Waals surface area contributed by atoms with Gasteiger partial charge in [0.05, 0.1) is 37.4 Å². The summed E-state index contributed by atoms with van der Waals surface area (Å²) in [5.74, 6) is -0.455. The second-order valence-electron chi connectivity index (χ2n) is 5.02. The Hall–Kier alpha value is -1.73. The second kappa shape index (κ2) is 7.02. The Morgan fingerprint density at radius 1 is 1.55 bits per heavy atom. The van der Waals surface area contributed by atoms with Gasteiger partial charge in [-0.2, -0.15) is 0 Å². The normalized spacial score (nSPS) is 18.3. The van der Waals surface area contributed by atoms with Crippen molar-refractivity contribution in [3.05, 3.63) is 22.5 Å². The maximum absolute atomic E-state index is 12.0. The van der Waals surface area contributed by atoms with Crippen LogP contribution in [-0.2, 0) is 16.0 Å². The predicted octanol–water partition coefficient (Wildman–Crippen LogP) is 2.01. The minimum absolute atomic E-state index is 0.257. The first-order chi connectivity index (χ1) is 10.4. The maximum atomic E-state index is 12.0. The van der Waals surface area contributed by atoms with E-state index in [-0.39, 0.29) is 19.3 Å². The lowest BCUT2D eigenvalue weighted by atomic mass is 10.2. The molecule has 0 saturated carbocycles. The minimum atomic E-state index is -0.971. The molecule has 8 heteroatoms. The van der Waals surface area contributed by atoms with Crippen LogP contribution in [0.15, 0.2) is 6.07 Å². The molecule has 1 unspecified atom stereocenters. The van der Waals surface area contributed by atoms with Gasteiger partial charge >= 0.3 is 12.1 Å². The van der Waals surface area contributed by atoms with E-state index in [1.807, 2.05) is 0 Å². The van der Waals surface area contributed by atoms with Crippen molar-refractivity contribution < 1.29 is 24.2 Å². The monoisotopic (exact) mass is 330 g/mol. The largest absolute Gasteiger partial charge is 0.465 e. The third-order valence-corrected chi connectivity index (χ3v) is 3.97. The summed E-state index contributed by atoms with van der Waals surface area (Å²) in [5, 5.41) is 9.53. The number of carboxylic acid groups (broad SMARTS) is 1. The quantitative estimate of drug-likeness (QED) is 0.854. The molecule has 2 heterocycles. The third-order valence-electron chi connectivity index (χ3n) is 3.58. The van der Waals surface area contributed by atoms with Crippen LogP contribution in [0.25, 0.3) is 0 Å². The molecule has 1 atom stereocenters. The molecule has 122 valence electrons. The third kappa shape index (κ3) is 3.53. The first-order valence-corrected chi connectivity index (χ1v) is 7.44. The number of aromatic nitrogens is 1. The van der Waals surface area contributed by atoms with Gasteiger partial charge in [0, 0.05) is 12.2 Å². The molecule has 2 rings (SSSR count). The highest BCUT2D eigenvalue weighted by Crippen LogP contribution is 2.23. The van der Waals surface area contributed by atoms with Crippen LogP contribution in [0.5, 0.6) is 0 Å². The first kappa shape index (κ1) is 16.6. The fourth-order valence-electron chi connectivity index (χ4n) is 2.43. The van der Waals surface area contributed by atoms with Crippen molar-refractivity contribution in [1.82, 2.24) is 9.47 Å². The highest BCUT2D eigenvalue weighted by atomic mass is 35.5. The number of ether oxygens (including phenoxy) is 2. The lowest BCUT2D eigenvalue weighted by Crippen LogP contribution is -2.46. The molecule has 1 aliphatic rings. The van der Waals surface area contributed by atoms with Gasteiger partial charge in [-0.25, -0.2) is 9.59 Å². The lowest BCUT2D eigenvalue weighted by Gasteiger charge is -2.31. The summed E-state index contributed by atoms with van der Waals surface area (Å²) in [7, 11) is 0. The summed E-state index contributed by atoms with van der Waals surface area (Å²) in [6, 6.07) is 1.56. The summed E-state index contributed by atoms with van der Waals surface area (Å²) in [5.41, 5.74) is 1.07. The van der Waals surface area contributed by atoms with Crippen LogP contribution in [0.3, 0.4) is 0 Å². The van der Waals surface area contributed by atoms with E-state index in [9.17, 15) is 9.59 Å². The Labute approximate surface area is 133 Å². The van der Waals surface area contributed by atoms with Gasteiger partial charge in [-0.3, -0.25) is 0 Å². The topological polar surface area (TPSA) is 81.0 Å². The van der Waals surface area contributed by atoms with Gasteiger partial charge in [-0.15, -0.1) is 0 Å². The molecular weight excluding hydrogens is 312 g/mol. The molecule has 7 nitrogen and oxygen atoms in total. The summed E-state index contributed by atoms with van der Waals surface area (Å²) in [4.78, 5) is 24.4. The van der Waals surface area contributed by atoms with E-state index < -0.39 is 12.1 Å². The summed E-state index contributed by atoms with van der Waals surface area (Å²) >= 11 is 6.10. The Bertz CT molecular complexity index is 572. The Morgan fingerprint density at radius 2 is 2.27 bits per heavy atom. The zero-order valence-corrected chi connectivity index (χ0v) is 13.3. The van der Waals surface area contributed by atoms with Gasteiger partial charge in [-0.05, 0) is 19.9 Å². The molecule has 0 radical (unpaired) electrons. The molecule has 1 aromatic heterocycles. The van der Waals surface area contributed by atoms with E-state index in [1.54, 1.807) is 24.5 Å². The van der Waals surface area contributed by atoms with Gasteiger partial charge in [0.2, 0.25) is 0 Å². The predicted molar refractivity (Wildman–Crippen MR) is 79.5 cm³/mol. The summed E-state index contributed by atoms with van der Waals surface area (Å²) in [6.45, 7) is 5.08. The smallest absolute Gasteiger partial charge is 0.407 e. The summed E-state index contributed by atoms with van der Waals surface area (Å²) in [6.07, 6.45) is -1.30. The number of hydrogen-bond donors (Lipinski definition) is 1. The van der Waals surface area contributed by atoms with Crippen molar-refractivity contribution in [3.63, 3.8) is 0 Å². The van der Waals surface area contributed by atoms with Crippen LogP contribution in [-0.4, -0.2) is 59.0 Å². The SMILES string of the molecule is CCOC(=O)c1cc(Cl)c(C)n1CC1CN(C(=O)O)CCO1. The van der Waals surface area contributed by atoms with Crippen molar-refractivity contribution in [1.29, 1.82) is 0 Å². The fraction of sp³-hybridized carbons (Fsp3) is 0.571. The van der Waals surface area contributed by atoms with Crippen molar-refractivity contribution >= 4 is 23.7 Å². The number of morpholine rings is 1. The van der Waals surface area contributed by atoms with E-state index in [0.29, 0.717) is 30.4 Å². The van der Waals surface area contributed by atoms with E-state index >= 15 is 0 Å². The lowest BCUT2D eigenvalue weighted by molar-refractivity contribution is -0.0298. The van der Waals surface area contributed by atoms with E-state index in [2.05, 4.69) is 0 Å². The Balaban J connectivity index is 2.18. The Kier molecular flexibility index (Phi) is 5.31. The van der Waals surface area contributed by atoms with Crippen LogP contribution in [0.2, 0.25) is 5.02 Å². The number of nitrogens with zero attached hydrogens (tertiary/aromatic N) is 2. The zero-order chi connectivity index (χ0) is 16.3. The molecule has 22 heavy (non-hydrogen) atoms. The number of carbonyl (C=O) groups excluding carboxylic acids is 1. The molecule has 1 amide bonds. The minimum Gasteiger partial charge on any atom is -0.465 e. The number of carbonyl (C=O) groups is 2. The molecule has 1 aromatic rings. The van der Waals surface area contributed by atoms with Crippen LogP contribution >= 0.6 is 11.6 Å². The average Bonchev–Trinajstić information content (AvgIpc) is 2.76. The van der Waals surface area contributed by atoms with Gasteiger partial charge in [-0.1, -0.05) is 11.6 Å². The standard InChI is InChI=1S/C14H19ClN2O5/c1-3-21-13(18)12-6-11(15)9(2)17(12)8-10-7-16(14(19)20)4-5-22-10/h6,10H,3-5,7-8H2,1-2H3,(H,19,20). The molecule has 0 aromatic carbocycles. The highest BCUT2D eigenvalue weighted by molar-refractivity contribution is 6.31. The van der Waals surface area contributed by atoms with E-state index in [0.717, 1.165) is 5.69 Å². The summed E-state index contributed by atoms with van der Waals surface area (Å²) < 4.78 is 12.3. The maximum Gasteiger partial charge on any atom is 0.407 e. The molecule has 1 aliphatic heterocycles. The van der Waals surface area contributed by atoms with Gasteiger partial charge < -0.3 is 24.0 Å². The molecule has 0 spiro atoms. The van der Waals surface area contributed by atoms with Crippen molar-refractivity contribution in [2.24, 2.45) is 0 Å². The van der Waals surface area contributed by atoms with Crippen LogP contribution in [0.4, 0.5) is 4.79 Å². The number of halogens is 1. The van der Waals surface area contributed by atoms with Gasteiger partial charge in [0.15, 0.2) is 0 Å². The first-order valence-electron chi connectivity index (χ1n) is 7.06. The van der Waals surface area contributed by atoms with Crippen LogP contribution < -0.4 is 0 Å². The van der Waals surface area contributed by atoms with E-state index in [4.69, 9.17) is 26.2 Å². The van der Waals surface area contributed by atoms with Gasteiger partial charge in [0.25, 0.3) is 0 Å². The zero-order valence-electron chi connectivity index (χ0n) is 12.5. The van der Waals surface area contributed by atoms with Crippen LogP contribution in [0.1, 0.15) is 23.1 Å². The molecule has 0 bridgehead atoms. The van der Waals surface area contributed by atoms with Crippen LogP contribution in [0, 0.1) is 6.92 Å².